The number of benzene rings is 1. The Hall–Kier alpha value is -2.15. The molecule has 0 spiro atoms. The number of carboxylic acid groups (broad SMARTS) is 1. The Morgan fingerprint density at radius 1 is 1.47 bits per heavy atom. The lowest BCUT2D eigenvalue weighted by molar-refractivity contribution is -0.118. The van der Waals surface area contributed by atoms with E-state index >= 15 is 0 Å². The van der Waals surface area contributed by atoms with Gasteiger partial charge in [-0.05, 0) is 18.6 Å². The van der Waals surface area contributed by atoms with E-state index in [2.05, 4.69) is 10.3 Å². The minimum Gasteiger partial charge on any atom is -0.465 e. The number of anilines is 1. The molecule has 1 fully saturated rings. The van der Waals surface area contributed by atoms with Crippen molar-refractivity contribution in [2.24, 2.45) is 0 Å². The van der Waals surface area contributed by atoms with Crippen LogP contribution in [0.15, 0.2) is 24.3 Å². The number of aromatic nitrogens is 1. The highest BCUT2D eigenvalue weighted by Gasteiger charge is 2.35. The monoisotopic (exact) mass is 277 g/mol. The molecule has 1 saturated heterocycles. The van der Waals surface area contributed by atoms with Gasteiger partial charge in [-0.25, -0.2) is 9.78 Å². The van der Waals surface area contributed by atoms with Crippen LogP contribution < -0.4 is 10.2 Å². The van der Waals surface area contributed by atoms with Gasteiger partial charge in [-0.3, -0.25) is 9.69 Å². The minimum atomic E-state index is -1.18. The topological polar surface area (TPSA) is 82.5 Å². The molecule has 3 rings (SSSR count). The number of carbonyl (C=O) groups excluding carboxylic acids is 1. The number of nitrogens with one attached hydrogen (secondary N) is 1. The second kappa shape index (κ2) is 4.51. The van der Waals surface area contributed by atoms with Gasteiger partial charge in [-0.15, -0.1) is 0 Å². The number of amides is 2. The quantitative estimate of drug-likeness (QED) is 0.874. The average Bonchev–Trinajstić information content (AvgIpc) is 2.93. The van der Waals surface area contributed by atoms with Gasteiger partial charge in [0.1, 0.15) is 6.04 Å². The third-order valence-electron chi connectivity index (χ3n) is 3.02. The molecule has 0 saturated carbocycles. The number of nitrogens with zero attached hydrogens (tertiary/aromatic N) is 2. The Labute approximate surface area is 112 Å². The zero-order valence-corrected chi connectivity index (χ0v) is 10.7. The van der Waals surface area contributed by atoms with Crippen LogP contribution in [0.5, 0.6) is 0 Å². The summed E-state index contributed by atoms with van der Waals surface area (Å²) in [5.74, 6) is -0.235. The zero-order valence-electron chi connectivity index (χ0n) is 9.87. The maximum absolute atomic E-state index is 12.1. The van der Waals surface area contributed by atoms with Crippen LogP contribution >= 0.6 is 11.3 Å². The lowest BCUT2D eigenvalue weighted by Gasteiger charge is -2.12. The molecule has 98 valence electrons. The lowest BCUT2D eigenvalue weighted by Crippen LogP contribution is -2.40. The molecule has 2 heterocycles. The predicted molar refractivity (Wildman–Crippen MR) is 71.5 cm³/mol. The van der Waals surface area contributed by atoms with Gasteiger partial charge in [0, 0.05) is 6.54 Å². The molecular formula is C12H11N3O3S. The van der Waals surface area contributed by atoms with E-state index in [0.29, 0.717) is 18.1 Å². The first kappa shape index (κ1) is 11.9. The maximum Gasteiger partial charge on any atom is 0.405 e. The number of rotatable bonds is 2. The molecule has 0 radical (unpaired) electrons. The van der Waals surface area contributed by atoms with Crippen molar-refractivity contribution >= 4 is 38.7 Å². The Morgan fingerprint density at radius 2 is 2.26 bits per heavy atom. The number of fused-ring (bicyclic) bond motifs is 1. The van der Waals surface area contributed by atoms with Crippen LogP contribution in [0.3, 0.4) is 0 Å². The van der Waals surface area contributed by atoms with E-state index < -0.39 is 12.1 Å². The van der Waals surface area contributed by atoms with Gasteiger partial charge in [0.05, 0.1) is 10.2 Å². The van der Waals surface area contributed by atoms with E-state index in [4.69, 9.17) is 5.11 Å². The van der Waals surface area contributed by atoms with Gasteiger partial charge in [-0.1, -0.05) is 23.5 Å². The van der Waals surface area contributed by atoms with Crippen LogP contribution in [0.25, 0.3) is 10.2 Å². The van der Waals surface area contributed by atoms with Gasteiger partial charge in [0.15, 0.2) is 5.13 Å². The largest absolute Gasteiger partial charge is 0.465 e. The second-order valence-corrected chi connectivity index (χ2v) is 5.25. The van der Waals surface area contributed by atoms with Crippen LogP contribution in [-0.4, -0.2) is 34.7 Å². The van der Waals surface area contributed by atoms with Crippen LogP contribution in [0, 0.1) is 0 Å². The van der Waals surface area contributed by atoms with Gasteiger partial charge in [0.25, 0.3) is 5.91 Å². The smallest absolute Gasteiger partial charge is 0.405 e. The van der Waals surface area contributed by atoms with Gasteiger partial charge in [-0.2, -0.15) is 0 Å². The molecule has 1 aromatic carbocycles. The molecule has 1 aliphatic rings. The van der Waals surface area contributed by atoms with Crippen molar-refractivity contribution < 1.29 is 14.7 Å². The highest BCUT2D eigenvalue weighted by molar-refractivity contribution is 7.22. The Morgan fingerprint density at radius 3 is 3.00 bits per heavy atom. The molecule has 1 aliphatic heterocycles. The fraction of sp³-hybridized carbons (Fsp3) is 0.250. The van der Waals surface area contributed by atoms with E-state index in [1.54, 1.807) is 4.90 Å². The summed E-state index contributed by atoms with van der Waals surface area (Å²) in [5, 5.41) is 11.5. The molecule has 0 bridgehead atoms. The summed E-state index contributed by atoms with van der Waals surface area (Å²) in [6.45, 7) is 0.490. The summed E-state index contributed by atoms with van der Waals surface area (Å²) >= 11 is 1.44. The Bertz CT molecular complexity index is 621. The van der Waals surface area contributed by atoms with Gasteiger partial charge < -0.3 is 10.4 Å². The zero-order chi connectivity index (χ0) is 13.4. The Kier molecular flexibility index (Phi) is 2.83. The molecular weight excluding hydrogens is 266 g/mol. The summed E-state index contributed by atoms with van der Waals surface area (Å²) in [4.78, 5) is 28.6. The first-order valence-corrected chi connectivity index (χ1v) is 6.63. The molecule has 7 heteroatoms. The Balaban J connectivity index is 1.87. The van der Waals surface area contributed by atoms with Crippen LogP contribution in [-0.2, 0) is 4.79 Å². The van der Waals surface area contributed by atoms with Crippen LogP contribution in [0.1, 0.15) is 6.42 Å². The van der Waals surface area contributed by atoms with Crippen molar-refractivity contribution in [2.75, 3.05) is 11.4 Å². The predicted octanol–water partition coefficient (Wildman–Crippen LogP) is 1.67. The molecule has 0 aliphatic carbocycles. The molecule has 1 atom stereocenters. The van der Waals surface area contributed by atoms with Crippen molar-refractivity contribution in [1.29, 1.82) is 0 Å². The summed E-state index contributed by atoms with van der Waals surface area (Å²) in [6, 6.07) is 6.99. The van der Waals surface area contributed by atoms with Crippen molar-refractivity contribution in [1.82, 2.24) is 10.3 Å². The lowest BCUT2D eigenvalue weighted by atomic mass is 10.2. The van der Waals surface area contributed by atoms with Crippen LogP contribution in [0.2, 0.25) is 0 Å². The first-order chi connectivity index (χ1) is 9.15. The number of carbonyl (C=O) groups is 2. The molecule has 2 amide bonds. The van der Waals surface area contributed by atoms with Crippen molar-refractivity contribution in [3.63, 3.8) is 0 Å². The summed E-state index contributed by atoms with van der Waals surface area (Å²) in [5.41, 5.74) is 0.852. The normalized spacial score (nSPS) is 19.1. The number of hydrogen-bond acceptors (Lipinski definition) is 4. The third kappa shape index (κ3) is 2.12. The molecule has 6 nitrogen and oxygen atoms in total. The molecule has 0 unspecified atom stereocenters. The summed E-state index contributed by atoms with van der Waals surface area (Å²) in [6.07, 6.45) is -0.703. The number of thiazole rings is 1. The van der Waals surface area contributed by atoms with Crippen molar-refractivity contribution in [3.05, 3.63) is 24.3 Å². The SMILES string of the molecule is O=C(O)N[C@H]1CCN(c2nc3ccccc3s2)C1=O. The summed E-state index contributed by atoms with van der Waals surface area (Å²) < 4.78 is 1.01. The molecule has 2 N–H and O–H groups in total. The van der Waals surface area contributed by atoms with Crippen molar-refractivity contribution in [3.8, 4) is 0 Å². The highest BCUT2D eigenvalue weighted by Crippen LogP contribution is 2.31. The van der Waals surface area contributed by atoms with Gasteiger partial charge >= 0.3 is 6.09 Å². The molecule has 2 aromatic rings. The van der Waals surface area contributed by atoms with E-state index in [1.165, 1.54) is 11.3 Å². The fourth-order valence-electron chi connectivity index (χ4n) is 2.13. The first-order valence-electron chi connectivity index (χ1n) is 5.81. The van der Waals surface area contributed by atoms with E-state index in [0.717, 1.165) is 10.2 Å². The second-order valence-electron chi connectivity index (χ2n) is 4.24. The van der Waals surface area contributed by atoms with E-state index in [9.17, 15) is 9.59 Å². The standard InChI is InChI=1S/C12H11N3O3S/c16-10-8(14-12(17)18)5-6-15(10)11-13-7-3-1-2-4-9(7)19-11/h1-4,8,14H,5-6H2,(H,17,18)/t8-/m0/s1. The van der Waals surface area contributed by atoms with E-state index in [1.807, 2.05) is 24.3 Å². The maximum atomic E-state index is 12.1. The fourth-order valence-corrected chi connectivity index (χ4v) is 3.13. The van der Waals surface area contributed by atoms with Crippen LogP contribution in [0.4, 0.5) is 9.93 Å². The minimum absolute atomic E-state index is 0.235. The molecule has 1 aromatic heterocycles. The van der Waals surface area contributed by atoms with Crippen molar-refractivity contribution in [2.45, 2.75) is 12.5 Å². The average molecular weight is 277 g/mol. The highest BCUT2D eigenvalue weighted by atomic mass is 32.1. The van der Waals surface area contributed by atoms with Gasteiger partial charge in [0.2, 0.25) is 0 Å². The summed E-state index contributed by atoms with van der Waals surface area (Å²) in [7, 11) is 0. The number of hydrogen-bond donors (Lipinski definition) is 2. The molecule has 19 heavy (non-hydrogen) atoms. The third-order valence-corrected chi connectivity index (χ3v) is 4.08. The van der Waals surface area contributed by atoms with E-state index in [-0.39, 0.29) is 5.91 Å². The number of para-hydroxylation sites is 1.